The number of carbonyl (C=O) groups is 3. The van der Waals surface area contributed by atoms with Crippen molar-refractivity contribution in [2.45, 2.75) is 39.3 Å². The smallest absolute Gasteiger partial charge is 0.434 e. The molecule has 0 unspecified atom stereocenters. The number of amides is 2. The number of rotatable bonds is 9. The number of anilines is 1. The van der Waals surface area contributed by atoms with Crippen LogP contribution in [0.2, 0.25) is 0 Å². The fourth-order valence-corrected chi connectivity index (χ4v) is 2.66. The minimum absolute atomic E-state index is 0.0302. The molecule has 2 amide bonds. The van der Waals surface area contributed by atoms with Gasteiger partial charge in [-0.1, -0.05) is 6.92 Å². The second-order valence-corrected chi connectivity index (χ2v) is 6.48. The first-order valence-electron chi connectivity index (χ1n) is 9.66. The van der Waals surface area contributed by atoms with Crippen LogP contribution >= 0.6 is 0 Å². The molecule has 1 heterocycles. The van der Waals surface area contributed by atoms with Gasteiger partial charge in [-0.15, -0.1) is 0 Å². The molecule has 0 saturated heterocycles. The average molecular weight is 440 g/mol. The Hall–Kier alpha value is -3.37. The van der Waals surface area contributed by atoms with Crippen LogP contribution in [0, 0.1) is 0 Å². The van der Waals surface area contributed by atoms with E-state index in [9.17, 15) is 27.6 Å². The third kappa shape index (κ3) is 6.56. The summed E-state index contributed by atoms with van der Waals surface area (Å²) in [6.45, 7) is 3.86. The number of carbonyl (C=O) groups excluding carboxylic acids is 3. The molecule has 31 heavy (non-hydrogen) atoms. The number of nitrogens with zero attached hydrogens (tertiary/aromatic N) is 2. The first kappa shape index (κ1) is 23.9. The summed E-state index contributed by atoms with van der Waals surface area (Å²) in [7, 11) is 0. The highest BCUT2D eigenvalue weighted by Crippen LogP contribution is 2.34. The molecule has 1 aromatic carbocycles. The van der Waals surface area contributed by atoms with E-state index in [-0.39, 0.29) is 31.0 Å². The first-order chi connectivity index (χ1) is 14.7. The normalized spacial score (nSPS) is 11.1. The van der Waals surface area contributed by atoms with Crippen LogP contribution in [0.3, 0.4) is 0 Å². The maximum absolute atomic E-state index is 13.5. The zero-order chi connectivity index (χ0) is 23.0. The maximum Gasteiger partial charge on any atom is 0.434 e. The molecule has 0 fully saturated rings. The maximum atomic E-state index is 13.5. The standard InChI is InChI=1S/C20H23F3N4O4/c1-3-11-24-16(28)9-10-17(29)26-13-5-7-14(8-6-13)27-18(20(21,22)23)15(12-25-27)19(30)31-4-2/h5-8,12H,3-4,9-11H2,1-2H3,(H,24,28)(H,26,29). The Morgan fingerprint density at radius 1 is 1.06 bits per heavy atom. The van der Waals surface area contributed by atoms with Crippen molar-refractivity contribution in [3.8, 4) is 5.69 Å². The fraction of sp³-hybridized carbons (Fsp3) is 0.400. The summed E-state index contributed by atoms with van der Waals surface area (Å²) in [4.78, 5) is 35.3. The molecule has 0 aliphatic heterocycles. The van der Waals surface area contributed by atoms with Crippen LogP contribution in [0.15, 0.2) is 30.5 Å². The summed E-state index contributed by atoms with van der Waals surface area (Å²) in [5, 5.41) is 8.92. The zero-order valence-corrected chi connectivity index (χ0v) is 17.1. The molecule has 0 atom stereocenters. The van der Waals surface area contributed by atoms with Gasteiger partial charge in [0.2, 0.25) is 11.8 Å². The third-order valence-electron chi connectivity index (χ3n) is 4.08. The summed E-state index contributed by atoms with van der Waals surface area (Å²) in [6, 6.07) is 5.44. The Morgan fingerprint density at radius 3 is 2.29 bits per heavy atom. The average Bonchev–Trinajstić information content (AvgIpc) is 3.17. The lowest BCUT2D eigenvalue weighted by Gasteiger charge is -2.13. The van der Waals surface area contributed by atoms with E-state index in [1.54, 1.807) is 0 Å². The van der Waals surface area contributed by atoms with Crippen molar-refractivity contribution in [3.05, 3.63) is 41.7 Å². The van der Waals surface area contributed by atoms with E-state index >= 15 is 0 Å². The van der Waals surface area contributed by atoms with Gasteiger partial charge in [-0.05, 0) is 37.6 Å². The molecule has 11 heteroatoms. The van der Waals surface area contributed by atoms with Gasteiger partial charge in [0.15, 0.2) is 5.69 Å². The highest BCUT2D eigenvalue weighted by atomic mass is 19.4. The van der Waals surface area contributed by atoms with Gasteiger partial charge in [0.05, 0.1) is 18.5 Å². The number of nitrogens with one attached hydrogen (secondary N) is 2. The van der Waals surface area contributed by atoms with Gasteiger partial charge in [-0.2, -0.15) is 18.3 Å². The van der Waals surface area contributed by atoms with Crippen LogP contribution in [0.4, 0.5) is 18.9 Å². The number of esters is 1. The zero-order valence-electron chi connectivity index (χ0n) is 17.1. The lowest BCUT2D eigenvalue weighted by molar-refractivity contribution is -0.143. The minimum atomic E-state index is -4.84. The molecule has 0 spiro atoms. The number of hydrogen-bond acceptors (Lipinski definition) is 5. The molecule has 0 radical (unpaired) electrons. The predicted octanol–water partition coefficient (Wildman–Crippen LogP) is 3.31. The Balaban J connectivity index is 2.12. The number of hydrogen-bond donors (Lipinski definition) is 2. The molecule has 1 aromatic heterocycles. The van der Waals surface area contributed by atoms with Crippen LogP contribution < -0.4 is 10.6 Å². The van der Waals surface area contributed by atoms with Crippen LogP contribution in [-0.2, 0) is 20.5 Å². The van der Waals surface area contributed by atoms with Gasteiger partial charge < -0.3 is 15.4 Å². The summed E-state index contributed by atoms with van der Waals surface area (Å²) in [6.07, 6.45) is -3.25. The van der Waals surface area contributed by atoms with E-state index in [1.165, 1.54) is 31.2 Å². The van der Waals surface area contributed by atoms with E-state index in [1.807, 2.05) is 6.92 Å². The van der Waals surface area contributed by atoms with Gasteiger partial charge in [0.25, 0.3) is 0 Å². The highest BCUT2D eigenvalue weighted by Gasteiger charge is 2.41. The Labute approximate surface area is 176 Å². The van der Waals surface area contributed by atoms with Crippen molar-refractivity contribution in [3.63, 3.8) is 0 Å². The number of halogens is 3. The van der Waals surface area contributed by atoms with Crippen molar-refractivity contribution >= 4 is 23.5 Å². The van der Waals surface area contributed by atoms with Crippen LogP contribution in [0.5, 0.6) is 0 Å². The molecule has 8 nitrogen and oxygen atoms in total. The molecule has 2 rings (SSSR count). The van der Waals surface area contributed by atoms with Gasteiger partial charge in [0, 0.05) is 25.1 Å². The van der Waals surface area contributed by atoms with Crippen LogP contribution in [-0.4, -0.2) is 40.7 Å². The number of alkyl halides is 3. The van der Waals surface area contributed by atoms with E-state index in [0.717, 1.165) is 12.6 Å². The monoisotopic (exact) mass is 440 g/mol. The Kier molecular flexibility index (Phi) is 8.17. The molecule has 2 N–H and O–H groups in total. The number of ether oxygens (including phenoxy) is 1. The summed E-state index contributed by atoms with van der Waals surface area (Å²) in [5.41, 5.74) is -1.55. The second kappa shape index (κ2) is 10.6. The number of aromatic nitrogens is 2. The fourth-order valence-electron chi connectivity index (χ4n) is 2.66. The Bertz CT molecular complexity index is 923. The lowest BCUT2D eigenvalue weighted by Crippen LogP contribution is -2.25. The van der Waals surface area contributed by atoms with E-state index in [0.29, 0.717) is 16.9 Å². The van der Waals surface area contributed by atoms with Crippen molar-refractivity contribution < 1.29 is 32.3 Å². The van der Waals surface area contributed by atoms with Gasteiger partial charge >= 0.3 is 12.1 Å². The third-order valence-corrected chi connectivity index (χ3v) is 4.08. The minimum Gasteiger partial charge on any atom is -0.462 e. The van der Waals surface area contributed by atoms with Crippen molar-refractivity contribution in [1.82, 2.24) is 15.1 Å². The van der Waals surface area contributed by atoms with Crippen LogP contribution in [0.1, 0.15) is 49.2 Å². The van der Waals surface area contributed by atoms with Crippen LogP contribution in [0.25, 0.3) is 5.69 Å². The van der Waals surface area contributed by atoms with Crippen molar-refractivity contribution in [2.75, 3.05) is 18.5 Å². The molecular weight excluding hydrogens is 417 g/mol. The topological polar surface area (TPSA) is 102 Å². The molecule has 0 bridgehead atoms. The van der Waals surface area contributed by atoms with Crippen molar-refractivity contribution in [2.24, 2.45) is 0 Å². The Morgan fingerprint density at radius 2 is 1.71 bits per heavy atom. The summed E-state index contributed by atoms with van der Waals surface area (Å²) >= 11 is 0. The highest BCUT2D eigenvalue weighted by molar-refractivity contribution is 5.93. The molecule has 0 aliphatic carbocycles. The van der Waals surface area contributed by atoms with Gasteiger partial charge in [0.1, 0.15) is 5.56 Å². The largest absolute Gasteiger partial charge is 0.462 e. The lowest BCUT2D eigenvalue weighted by atomic mass is 10.2. The predicted molar refractivity (Wildman–Crippen MR) is 106 cm³/mol. The SMILES string of the molecule is CCCNC(=O)CCC(=O)Nc1ccc(-n2ncc(C(=O)OCC)c2C(F)(F)F)cc1. The molecule has 2 aromatic rings. The molecule has 0 aliphatic rings. The van der Waals surface area contributed by atoms with E-state index < -0.39 is 29.3 Å². The quantitative estimate of drug-likeness (QED) is 0.583. The van der Waals surface area contributed by atoms with E-state index in [2.05, 4.69) is 20.5 Å². The summed E-state index contributed by atoms with van der Waals surface area (Å²) in [5.74, 6) is -1.75. The van der Waals surface area contributed by atoms with Crippen molar-refractivity contribution in [1.29, 1.82) is 0 Å². The van der Waals surface area contributed by atoms with Gasteiger partial charge in [-0.25, -0.2) is 9.48 Å². The second-order valence-electron chi connectivity index (χ2n) is 6.48. The summed E-state index contributed by atoms with van der Waals surface area (Å²) < 4.78 is 45.9. The first-order valence-corrected chi connectivity index (χ1v) is 9.66. The molecule has 0 saturated carbocycles. The van der Waals surface area contributed by atoms with Gasteiger partial charge in [-0.3, -0.25) is 9.59 Å². The van der Waals surface area contributed by atoms with E-state index in [4.69, 9.17) is 0 Å². The molecular formula is C20H23F3N4O4. The number of benzene rings is 1. The molecule has 168 valence electrons.